The van der Waals surface area contributed by atoms with Gasteiger partial charge in [0, 0.05) is 42.2 Å². The summed E-state index contributed by atoms with van der Waals surface area (Å²) in [6, 6.07) is 85.0. The lowest BCUT2D eigenvalue weighted by atomic mass is 9.59. The average molecular weight is 1030 g/mol. The lowest BCUT2D eigenvalue weighted by Gasteiger charge is -2.42. The van der Waals surface area contributed by atoms with E-state index in [0.717, 1.165) is 50.8 Å². The summed E-state index contributed by atoms with van der Waals surface area (Å²) in [6.45, 7) is 13.7. The molecule has 0 saturated carbocycles. The second-order valence-electron chi connectivity index (χ2n) is 22.5. The maximum Gasteiger partial charge on any atom is 0.139 e. The van der Waals surface area contributed by atoms with Gasteiger partial charge in [0.2, 0.25) is 0 Å². The van der Waals surface area contributed by atoms with Gasteiger partial charge in [0.15, 0.2) is 0 Å². The van der Waals surface area contributed by atoms with E-state index >= 15 is 0 Å². The molecule has 0 atom stereocenters. The van der Waals surface area contributed by atoms with E-state index in [1.807, 2.05) is 0 Å². The molecule has 0 N–H and O–H groups in total. The second kappa shape index (κ2) is 21.7. The maximum absolute atomic E-state index is 8.45. The molecule has 0 aliphatic rings. The van der Waals surface area contributed by atoms with Gasteiger partial charge in [-0.1, -0.05) is 191 Å². The first-order valence-corrected chi connectivity index (χ1v) is 28.9. The fraction of sp³-hybridized carbons (Fsp3) is 0.118. The molecule has 0 bridgehead atoms. The lowest BCUT2D eigenvalue weighted by molar-refractivity contribution is 0.590. The molecule has 10 aromatic carbocycles. The molecule has 10 aromatic rings. The van der Waals surface area contributed by atoms with Gasteiger partial charge < -0.3 is 9.80 Å². The van der Waals surface area contributed by atoms with Crippen LogP contribution in [-0.2, 0) is 10.8 Å². The Morgan fingerprint density at radius 1 is 0.338 bits per heavy atom. The van der Waals surface area contributed by atoms with E-state index in [1.54, 1.807) is 0 Å². The molecule has 0 saturated heterocycles. The molecule has 0 amide bonds. The van der Waals surface area contributed by atoms with Crippen molar-refractivity contribution in [3.63, 3.8) is 0 Å². The predicted molar refractivity (Wildman–Crippen MR) is 350 cm³/mol. The molecule has 0 heterocycles. The van der Waals surface area contributed by atoms with Gasteiger partial charge in [0.1, 0.15) is 39.2 Å². The van der Waals surface area contributed by atoms with Gasteiger partial charge in [-0.25, -0.2) is 0 Å². The Balaban J connectivity index is 1.35. The number of anilines is 6. The fourth-order valence-corrected chi connectivity index (χ4v) is 15.2. The van der Waals surface area contributed by atoms with Crippen LogP contribution in [0.3, 0.4) is 0 Å². The summed E-state index contributed by atoms with van der Waals surface area (Å²) in [6.07, 6.45) is 0. The van der Waals surface area contributed by atoms with Gasteiger partial charge in [-0.2, -0.15) is 0 Å². The van der Waals surface area contributed by atoms with Crippen LogP contribution in [0.5, 0.6) is 0 Å². The van der Waals surface area contributed by atoms with Crippen molar-refractivity contribution in [2.24, 2.45) is 0 Å². The van der Waals surface area contributed by atoms with E-state index in [9.17, 15) is 0 Å². The van der Waals surface area contributed by atoms with Crippen LogP contribution in [0.4, 0.5) is 34.1 Å². The Hall–Kier alpha value is -7.24. The minimum atomic E-state index is -2.04. The third-order valence-corrected chi connectivity index (χ3v) is 20.0. The van der Waals surface area contributed by atoms with Crippen LogP contribution in [0.25, 0.3) is 22.3 Å². The van der Waals surface area contributed by atoms with Crippen molar-refractivity contribution in [1.29, 1.82) is 0 Å². The van der Waals surface area contributed by atoms with Crippen molar-refractivity contribution >= 4 is 122 Å². The number of hydrogen-bond donors (Lipinski definition) is 0. The van der Waals surface area contributed by atoms with Gasteiger partial charge in [-0.3, -0.25) is 0 Å². The topological polar surface area (TPSA) is 6.48 Å². The minimum Gasteiger partial charge on any atom is -0.309 e. The SMILES string of the molecule is Bc1c(B)c(B)c(-c2cc(N(c3cccc(C(C)(C)C)c3)c3cccc(C(C)(C)C)c3)c(Cl)c(N(c3ccccc3)c3ccc(S(c4ccccc4)(c4ccccc4)c4ccccc4)cc3-c3ccccc3)c2)c(B)c1B. The number of hydrogen-bond acceptors (Lipinski definition) is 2. The Labute approximate surface area is 470 Å². The van der Waals surface area contributed by atoms with Crippen molar-refractivity contribution in [3.8, 4) is 22.3 Å². The number of rotatable bonds is 12. The highest BCUT2D eigenvalue weighted by Crippen LogP contribution is 2.74. The highest BCUT2D eigenvalue weighted by molar-refractivity contribution is 8.34. The molecule has 0 aliphatic carbocycles. The summed E-state index contributed by atoms with van der Waals surface area (Å²) in [5.74, 6) is 0. The van der Waals surface area contributed by atoms with Crippen LogP contribution in [0.1, 0.15) is 52.7 Å². The first kappa shape index (κ1) is 53.2. The molecule has 0 aromatic heterocycles. The Morgan fingerprint density at radius 3 is 1.17 bits per heavy atom. The van der Waals surface area contributed by atoms with Gasteiger partial charge in [0.05, 0.1) is 22.1 Å². The van der Waals surface area contributed by atoms with Crippen LogP contribution < -0.4 is 37.1 Å². The summed E-state index contributed by atoms with van der Waals surface area (Å²) in [7, 11) is 9.33. The van der Waals surface area contributed by atoms with E-state index in [4.69, 9.17) is 11.6 Å². The van der Waals surface area contributed by atoms with Crippen molar-refractivity contribution in [2.75, 3.05) is 9.80 Å². The highest BCUT2D eigenvalue weighted by atomic mass is 35.5. The molecule has 0 fully saturated rings. The Bertz CT molecular complexity index is 3550. The summed E-state index contributed by atoms with van der Waals surface area (Å²) in [5, 5.41) is 0.636. The fourth-order valence-electron chi connectivity index (χ4n) is 11.1. The van der Waals surface area contributed by atoms with Crippen LogP contribution >= 0.6 is 21.6 Å². The molecule has 77 heavy (non-hydrogen) atoms. The standard InChI is InChI=1S/C68H66B5ClN2S/c1-67(2,3)47-26-22-30-50(42-47)75(51-31-23-27-48(43-51)68(4,5)6)58-40-46(60-61(69)63(71)65(73)64(72)62(60)70)41-59(66(58)74)76(49-28-14-8-15-29-49)57-39-38-55(44-56(57)45-24-12-7-13-25-45)77(52-32-16-9-17-33-52,53-34-18-10-19-35-53)54-36-20-11-21-37-54/h7-44H,69-73H2,1-6H3. The van der Waals surface area contributed by atoms with Crippen molar-refractivity contribution in [1.82, 2.24) is 0 Å². The smallest absolute Gasteiger partial charge is 0.139 e. The quantitative estimate of drug-likeness (QED) is 0.113. The number of nitrogens with zero attached hydrogens (tertiary/aromatic N) is 2. The van der Waals surface area contributed by atoms with Crippen molar-refractivity contribution in [2.45, 2.75) is 72.0 Å². The Morgan fingerprint density at radius 2 is 0.727 bits per heavy atom. The normalized spacial score (nSPS) is 12.0. The predicted octanol–water partition coefficient (Wildman–Crippen LogP) is 11.8. The van der Waals surface area contributed by atoms with Crippen molar-refractivity contribution < 1.29 is 0 Å². The van der Waals surface area contributed by atoms with E-state index in [2.05, 4.69) is 321 Å². The van der Waals surface area contributed by atoms with E-state index in [-0.39, 0.29) is 10.8 Å². The molecule has 0 radical (unpaired) electrons. The summed E-state index contributed by atoms with van der Waals surface area (Å²) in [5.41, 5.74) is 19.2. The molecule has 10 rings (SSSR count). The van der Waals surface area contributed by atoms with Gasteiger partial charge in [0.25, 0.3) is 0 Å². The van der Waals surface area contributed by atoms with Gasteiger partial charge >= 0.3 is 0 Å². The zero-order chi connectivity index (χ0) is 54.2. The number of benzene rings is 10. The molecule has 0 aliphatic heterocycles. The zero-order valence-corrected chi connectivity index (χ0v) is 48.2. The van der Waals surface area contributed by atoms with Crippen LogP contribution in [0, 0.1) is 0 Å². The minimum absolute atomic E-state index is 0.0954. The van der Waals surface area contributed by atoms with Crippen LogP contribution in [-0.4, -0.2) is 39.2 Å². The van der Waals surface area contributed by atoms with Crippen LogP contribution in [0.2, 0.25) is 5.02 Å². The molecule has 0 unspecified atom stereocenters. The number of halogens is 1. The van der Waals surface area contributed by atoms with Gasteiger partial charge in [-0.15, -0.1) is 26.4 Å². The largest absolute Gasteiger partial charge is 0.309 e. The van der Waals surface area contributed by atoms with E-state index in [1.165, 1.54) is 63.6 Å². The average Bonchev–Trinajstić information content (AvgIpc) is 3.54. The third kappa shape index (κ3) is 10.2. The molecular weight excluding hydrogens is 966 g/mol. The van der Waals surface area contributed by atoms with E-state index < -0.39 is 10.0 Å². The summed E-state index contributed by atoms with van der Waals surface area (Å²) < 4.78 is 0. The first-order valence-electron chi connectivity index (χ1n) is 26.9. The highest BCUT2D eigenvalue weighted by Gasteiger charge is 2.35. The number of para-hydroxylation sites is 1. The second-order valence-corrected chi connectivity index (χ2v) is 26.0. The Kier molecular flexibility index (Phi) is 15.0. The zero-order valence-electron chi connectivity index (χ0n) is 46.6. The molecule has 9 heteroatoms. The first-order chi connectivity index (χ1) is 37.0. The molecule has 0 spiro atoms. The van der Waals surface area contributed by atoms with E-state index in [0.29, 0.717) is 5.02 Å². The van der Waals surface area contributed by atoms with Gasteiger partial charge in [-0.05, 0) is 142 Å². The lowest BCUT2D eigenvalue weighted by Crippen LogP contribution is -2.55. The third-order valence-electron chi connectivity index (χ3n) is 15.7. The van der Waals surface area contributed by atoms with Crippen molar-refractivity contribution in [3.05, 3.63) is 247 Å². The molecule has 2 nitrogen and oxygen atoms in total. The molecule has 376 valence electrons. The van der Waals surface area contributed by atoms with Crippen LogP contribution in [0.15, 0.2) is 250 Å². The summed E-state index contributed by atoms with van der Waals surface area (Å²) in [4.78, 5) is 9.86. The molecular formula is C68H66B5ClN2S. The summed E-state index contributed by atoms with van der Waals surface area (Å²) >= 11 is 8.45. The monoisotopic (exact) mass is 1030 g/mol. The maximum atomic E-state index is 8.45.